The molecule has 1 aliphatic carbocycles. The summed E-state index contributed by atoms with van der Waals surface area (Å²) in [5.74, 6) is 0.298. The lowest BCUT2D eigenvalue weighted by molar-refractivity contribution is -0.114. The topological polar surface area (TPSA) is 49.3 Å². The van der Waals surface area contributed by atoms with Gasteiger partial charge in [-0.1, -0.05) is 0 Å². The van der Waals surface area contributed by atoms with Crippen LogP contribution in [0.2, 0.25) is 0 Å². The molecule has 0 radical (unpaired) electrons. The van der Waals surface area contributed by atoms with Crippen molar-refractivity contribution in [2.24, 2.45) is 0 Å². The maximum atomic E-state index is 11.0. The monoisotopic (exact) mass is 205 g/mol. The first-order chi connectivity index (χ1) is 7.18. The molecule has 80 valence electrons. The van der Waals surface area contributed by atoms with Crippen molar-refractivity contribution in [1.82, 2.24) is 0 Å². The molecule has 0 aromatic heterocycles. The molecule has 0 spiro atoms. The first kappa shape index (κ1) is 10.0. The van der Waals surface area contributed by atoms with Crippen LogP contribution in [-0.2, 0) is 17.6 Å². The van der Waals surface area contributed by atoms with Crippen LogP contribution < -0.4 is 5.32 Å². The highest BCUT2D eigenvalue weighted by atomic mass is 16.3. The van der Waals surface area contributed by atoms with Crippen LogP contribution in [0.25, 0.3) is 0 Å². The molecule has 0 heterocycles. The van der Waals surface area contributed by atoms with Crippen molar-refractivity contribution < 1.29 is 9.90 Å². The fourth-order valence-corrected chi connectivity index (χ4v) is 2.16. The number of aromatic hydroxyl groups is 1. The summed E-state index contributed by atoms with van der Waals surface area (Å²) in [4.78, 5) is 11.0. The molecule has 2 N–H and O–H groups in total. The number of carbonyl (C=O) groups is 1. The number of hydrogen-bond donors (Lipinski definition) is 2. The van der Waals surface area contributed by atoms with Crippen LogP contribution in [0.4, 0.5) is 5.69 Å². The number of fused-ring (bicyclic) bond motifs is 1. The maximum Gasteiger partial charge on any atom is 0.221 e. The molecule has 15 heavy (non-hydrogen) atoms. The quantitative estimate of drug-likeness (QED) is 0.691. The number of hydrogen-bond acceptors (Lipinski definition) is 2. The van der Waals surface area contributed by atoms with Crippen molar-refractivity contribution in [2.45, 2.75) is 32.6 Å². The van der Waals surface area contributed by atoms with Gasteiger partial charge in [0.2, 0.25) is 5.91 Å². The molecule has 0 fully saturated rings. The standard InChI is InChI=1S/C12H15NO2/c1-8(14)13-11-6-7-12(15)10-5-3-2-4-9(10)11/h6-7,15H,2-5H2,1H3,(H,13,14). The molecule has 3 nitrogen and oxygen atoms in total. The van der Waals surface area contributed by atoms with E-state index < -0.39 is 0 Å². The minimum absolute atomic E-state index is 0.0616. The van der Waals surface area contributed by atoms with Gasteiger partial charge in [0.1, 0.15) is 5.75 Å². The minimum Gasteiger partial charge on any atom is -0.508 e. The van der Waals surface area contributed by atoms with Gasteiger partial charge in [-0.25, -0.2) is 0 Å². The molecular formula is C12H15NO2. The van der Waals surface area contributed by atoms with E-state index in [0.717, 1.165) is 42.5 Å². The van der Waals surface area contributed by atoms with E-state index in [-0.39, 0.29) is 5.91 Å². The Kier molecular flexibility index (Phi) is 2.62. The SMILES string of the molecule is CC(=O)Nc1ccc(O)c2c1CCCC2. The Morgan fingerprint density at radius 1 is 1.27 bits per heavy atom. The zero-order chi connectivity index (χ0) is 10.8. The highest BCUT2D eigenvalue weighted by Crippen LogP contribution is 2.33. The van der Waals surface area contributed by atoms with Crippen LogP contribution in [0.3, 0.4) is 0 Å². The largest absolute Gasteiger partial charge is 0.508 e. The fraction of sp³-hybridized carbons (Fsp3) is 0.417. The summed E-state index contributed by atoms with van der Waals surface area (Å²) >= 11 is 0. The van der Waals surface area contributed by atoms with Crippen molar-refractivity contribution in [3.05, 3.63) is 23.3 Å². The maximum absolute atomic E-state index is 11.0. The first-order valence-corrected chi connectivity index (χ1v) is 5.30. The second kappa shape index (κ2) is 3.93. The number of carbonyl (C=O) groups excluding carboxylic acids is 1. The molecule has 1 aliphatic rings. The van der Waals surface area contributed by atoms with Crippen LogP contribution in [-0.4, -0.2) is 11.0 Å². The normalized spacial score (nSPS) is 14.5. The lowest BCUT2D eigenvalue weighted by Gasteiger charge is -2.20. The number of amides is 1. The molecular weight excluding hydrogens is 190 g/mol. The van der Waals surface area contributed by atoms with Gasteiger partial charge in [0.15, 0.2) is 0 Å². The summed E-state index contributed by atoms with van der Waals surface area (Å²) in [6, 6.07) is 3.44. The van der Waals surface area contributed by atoms with Crippen molar-refractivity contribution in [1.29, 1.82) is 0 Å². The van der Waals surface area contributed by atoms with E-state index in [9.17, 15) is 9.90 Å². The smallest absolute Gasteiger partial charge is 0.221 e. The van der Waals surface area contributed by atoms with Crippen LogP contribution in [0.1, 0.15) is 30.9 Å². The van der Waals surface area contributed by atoms with E-state index in [1.54, 1.807) is 12.1 Å². The van der Waals surface area contributed by atoms with Gasteiger partial charge in [0.25, 0.3) is 0 Å². The molecule has 0 unspecified atom stereocenters. The number of rotatable bonds is 1. The molecule has 1 aromatic carbocycles. The van der Waals surface area contributed by atoms with Crippen molar-refractivity contribution >= 4 is 11.6 Å². The summed E-state index contributed by atoms with van der Waals surface area (Å²) in [7, 11) is 0. The van der Waals surface area contributed by atoms with Crippen LogP contribution in [0, 0.1) is 0 Å². The Bertz CT molecular complexity index is 399. The second-order valence-corrected chi connectivity index (χ2v) is 3.98. The summed E-state index contributed by atoms with van der Waals surface area (Å²) in [5, 5.41) is 12.5. The number of phenols is 1. The summed E-state index contributed by atoms with van der Waals surface area (Å²) < 4.78 is 0. The Morgan fingerprint density at radius 3 is 2.60 bits per heavy atom. The first-order valence-electron chi connectivity index (χ1n) is 5.30. The predicted molar refractivity (Wildman–Crippen MR) is 59.1 cm³/mol. The Morgan fingerprint density at radius 2 is 1.93 bits per heavy atom. The number of nitrogens with one attached hydrogen (secondary N) is 1. The van der Waals surface area contributed by atoms with Gasteiger partial charge in [-0.2, -0.15) is 0 Å². The molecule has 2 rings (SSSR count). The highest BCUT2D eigenvalue weighted by Gasteiger charge is 2.16. The van der Waals surface area contributed by atoms with Gasteiger partial charge in [-0.05, 0) is 48.9 Å². The molecule has 0 aliphatic heterocycles. The molecule has 1 aromatic rings. The molecule has 0 saturated heterocycles. The van der Waals surface area contributed by atoms with E-state index in [1.807, 2.05) is 0 Å². The van der Waals surface area contributed by atoms with Gasteiger partial charge < -0.3 is 10.4 Å². The predicted octanol–water partition coefficient (Wildman–Crippen LogP) is 2.23. The molecule has 0 bridgehead atoms. The third-order valence-corrected chi connectivity index (χ3v) is 2.82. The lowest BCUT2D eigenvalue weighted by Crippen LogP contribution is -2.12. The van der Waals surface area contributed by atoms with E-state index in [1.165, 1.54) is 6.92 Å². The van der Waals surface area contributed by atoms with Crippen molar-refractivity contribution in [2.75, 3.05) is 5.32 Å². The number of phenolic OH excluding ortho intramolecular Hbond substituents is 1. The van der Waals surface area contributed by atoms with Crippen molar-refractivity contribution in [3.8, 4) is 5.75 Å². The third-order valence-electron chi connectivity index (χ3n) is 2.82. The second-order valence-electron chi connectivity index (χ2n) is 3.98. The van der Waals surface area contributed by atoms with Gasteiger partial charge in [0, 0.05) is 12.6 Å². The molecule has 0 saturated carbocycles. The Balaban J connectivity index is 2.43. The Labute approximate surface area is 89.1 Å². The zero-order valence-corrected chi connectivity index (χ0v) is 8.84. The van der Waals surface area contributed by atoms with Crippen LogP contribution in [0.5, 0.6) is 5.75 Å². The number of anilines is 1. The van der Waals surface area contributed by atoms with Gasteiger partial charge in [-0.15, -0.1) is 0 Å². The molecule has 0 atom stereocenters. The summed E-state index contributed by atoms with van der Waals surface area (Å²) in [6.07, 6.45) is 4.10. The van der Waals surface area contributed by atoms with Crippen LogP contribution in [0.15, 0.2) is 12.1 Å². The fourth-order valence-electron chi connectivity index (χ4n) is 2.16. The van der Waals surface area contributed by atoms with E-state index in [0.29, 0.717) is 5.75 Å². The summed E-state index contributed by atoms with van der Waals surface area (Å²) in [6.45, 7) is 1.50. The average Bonchev–Trinajstić information content (AvgIpc) is 2.22. The van der Waals surface area contributed by atoms with E-state index in [2.05, 4.69) is 5.32 Å². The molecule has 1 amide bonds. The molecule has 3 heteroatoms. The Hall–Kier alpha value is -1.51. The average molecular weight is 205 g/mol. The van der Waals surface area contributed by atoms with E-state index in [4.69, 9.17) is 0 Å². The zero-order valence-electron chi connectivity index (χ0n) is 8.84. The van der Waals surface area contributed by atoms with Gasteiger partial charge in [-0.3, -0.25) is 4.79 Å². The lowest BCUT2D eigenvalue weighted by atomic mass is 9.89. The van der Waals surface area contributed by atoms with E-state index >= 15 is 0 Å². The minimum atomic E-state index is -0.0616. The third kappa shape index (κ3) is 1.96. The van der Waals surface area contributed by atoms with Crippen molar-refractivity contribution in [3.63, 3.8) is 0 Å². The highest BCUT2D eigenvalue weighted by molar-refractivity contribution is 5.90. The number of benzene rings is 1. The van der Waals surface area contributed by atoms with Crippen LogP contribution >= 0.6 is 0 Å². The van der Waals surface area contributed by atoms with Gasteiger partial charge >= 0.3 is 0 Å². The summed E-state index contributed by atoms with van der Waals surface area (Å²) in [5.41, 5.74) is 2.97. The van der Waals surface area contributed by atoms with Gasteiger partial charge in [0.05, 0.1) is 0 Å².